The number of hydrogen-bond acceptors (Lipinski definition) is 2. The summed E-state index contributed by atoms with van der Waals surface area (Å²) in [6.07, 6.45) is 4.54. The summed E-state index contributed by atoms with van der Waals surface area (Å²) in [5.41, 5.74) is 0.868. The van der Waals surface area contributed by atoms with Gasteiger partial charge >= 0.3 is 0 Å². The lowest BCUT2D eigenvalue weighted by atomic mass is 9.55. The van der Waals surface area contributed by atoms with E-state index in [-0.39, 0.29) is 23.4 Å². The summed E-state index contributed by atoms with van der Waals surface area (Å²) >= 11 is 6.05. The molecule has 0 aromatic heterocycles. The molecule has 1 aliphatic carbocycles. The highest BCUT2D eigenvalue weighted by Crippen LogP contribution is 2.55. The summed E-state index contributed by atoms with van der Waals surface area (Å²) < 4.78 is 35.5. The third-order valence-corrected chi connectivity index (χ3v) is 6.99. The van der Waals surface area contributed by atoms with E-state index < -0.39 is 17.0 Å². The molecule has 0 amide bonds. The molecule has 2 nitrogen and oxygen atoms in total. The standard InChI is InChI=1S/C24H25ClF2O2/c1-15(28)4-7-17-3-2-12-24(13-16-5-8-18(25)9-6-16)19(17)14-29-23-21(27)11-10-20(26)22(23)24/h5-6,8-11,17,19H,2-4,7,12-14H2,1H3/t17-,19?,24-/m0/s1. The van der Waals surface area contributed by atoms with Crippen molar-refractivity contribution in [2.75, 3.05) is 6.61 Å². The first-order valence-corrected chi connectivity index (χ1v) is 10.6. The fourth-order valence-electron chi connectivity index (χ4n) is 5.44. The Kier molecular flexibility index (Phi) is 5.65. The van der Waals surface area contributed by atoms with Crippen LogP contribution in [0.3, 0.4) is 0 Å². The van der Waals surface area contributed by atoms with Crippen LogP contribution in [0.15, 0.2) is 36.4 Å². The molecule has 0 saturated heterocycles. The quantitative estimate of drug-likeness (QED) is 0.571. The van der Waals surface area contributed by atoms with Gasteiger partial charge in [0.2, 0.25) is 0 Å². The van der Waals surface area contributed by atoms with Crippen molar-refractivity contribution in [2.45, 2.75) is 50.9 Å². The largest absolute Gasteiger partial charge is 0.490 e. The van der Waals surface area contributed by atoms with E-state index in [1.54, 1.807) is 6.92 Å². The molecule has 2 aromatic rings. The highest BCUT2D eigenvalue weighted by atomic mass is 35.5. The third-order valence-electron chi connectivity index (χ3n) is 6.74. The molecular formula is C24H25ClF2O2. The van der Waals surface area contributed by atoms with Gasteiger partial charge in [-0.25, -0.2) is 8.78 Å². The Morgan fingerprint density at radius 3 is 2.62 bits per heavy atom. The number of carbonyl (C=O) groups is 1. The molecule has 4 rings (SSSR count). The monoisotopic (exact) mass is 418 g/mol. The Bertz CT molecular complexity index is 912. The molecule has 1 fully saturated rings. The Labute approximate surface area is 175 Å². The van der Waals surface area contributed by atoms with Crippen molar-refractivity contribution >= 4 is 17.4 Å². The maximum Gasteiger partial charge on any atom is 0.165 e. The van der Waals surface area contributed by atoms with Crippen LogP contribution in [0.25, 0.3) is 0 Å². The number of fused-ring (bicyclic) bond motifs is 3. The molecule has 154 valence electrons. The van der Waals surface area contributed by atoms with Gasteiger partial charge in [0, 0.05) is 28.3 Å². The Hall–Kier alpha value is -1.94. The maximum atomic E-state index is 15.2. The summed E-state index contributed by atoms with van der Waals surface area (Å²) in [6, 6.07) is 9.93. The summed E-state index contributed by atoms with van der Waals surface area (Å²) in [7, 11) is 0. The highest BCUT2D eigenvalue weighted by molar-refractivity contribution is 6.30. The first kappa shape index (κ1) is 20.3. The highest BCUT2D eigenvalue weighted by Gasteiger charge is 2.52. The van der Waals surface area contributed by atoms with Crippen LogP contribution in [-0.2, 0) is 16.6 Å². The first-order chi connectivity index (χ1) is 13.9. The number of ether oxygens (including phenoxy) is 1. The second-order valence-corrected chi connectivity index (χ2v) is 8.94. The molecule has 0 spiro atoms. The van der Waals surface area contributed by atoms with Gasteiger partial charge < -0.3 is 9.53 Å². The minimum Gasteiger partial charge on any atom is -0.490 e. The Balaban J connectivity index is 1.81. The number of Topliss-reactive ketones (excluding diaryl/α,β-unsaturated/α-hetero) is 1. The molecule has 3 atom stereocenters. The van der Waals surface area contributed by atoms with Crippen molar-refractivity contribution in [1.29, 1.82) is 0 Å². The lowest BCUT2D eigenvalue weighted by Crippen LogP contribution is -2.51. The maximum absolute atomic E-state index is 15.2. The normalized spacial score (nSPS) is 25.7. The van der Waals surface area contributed by atoms with E-state index in [4.69, 9.17) is 16.3 Å². The van der Waals surface area contributed by atoms with Crippen LogP contribution in [-0.4, -0.2) is 12.4 Å². The minimum absolute atomic E-state index is 0.0371. The molecule has 0 radical (unpaired) electrons. The van der Waals surface area contributed by atoms with Gasteiger partial charge in [-0.3, -0.25) is 0 Å². The van der Waals surface area contributed by atoms with Crippen molar-refractivity contribution in [1.82, 2.24) is 0 Å². The SMILES string of the molecule is CC(=O)CC[C@@H]1CCC[C@@]2(Cc3ccc(Cl)cc3)c3c(F)ccc(F)c3OCC12. The molecular weight excluding hydrogens is 394 g/mol. The number of carbonyl (C=O) groups excluding carboxylic acids is 1. The minimum atomic E-state index is -0.548. The second kappa shape index (κ2) is 8.06. The van der Waals surface area contributed by atoms with Gasteiger partial charge in [-0.15, -0.1) is 0 Å². The Morgan fingerprint density at radius 1 is 1.17 bits per heavy atom. The predicted octanol–water partition coefficient (Wildman–Crippen LogP) is 6.28. The van der Waals surface area contributed by atoms with E-state index >= 15 is 4.39 Å². The molecule has 2 aliphatic rings. The van der Waals surface area contributed by atoms with Crippen molar-refractivity contribution < 1.29 is 18.3 Å². The average Bonchev–Trinajstić information content (AvgIpc) is 2.70. The Morgan fingerprint density at radius 2 is 1.90 bits per heavy atom. The van der Waals surface area contributed by atoms with Gasteiger partial charge in [-0.05, 0) is 68.4 Å². The number of hydrogen-bond donors (Lipinski definition) is 0. The fraction of sp³-hybridized carbons (Fsp3) is 0.458. The molecule has 1 unspecified atom stereocenters. The summed E-state index contributed by atoms with van der Waals surface area (Å²) in [6.45, 7) is 1.95. The summed E-state index contributed by atoms with van der Waals surface area (Å²) in [4.78, 5) is 11.6. The smallest absolute Gasteiger partial charge is 0.165 e. The van der Waals surface area contributed by atoms with Crippen LogP contribution in [0.5, 0.6) is 5.75 Å². The van der Waals surface area contributed by atoms with E-state index in [0.717, 1.165) is 37.3 Å². The zero-order valence-electron chi connectivity index (χ0n) is 16.5. The van der Waals surface area contributed by atoms with Gasteiger partial charge in [0.15, 0.2) is 11.6 Å². The van der Waals surface area contributed by atoms with Gasteiger partial charge in [-0.2, -0.15) is 0 Å². The van der Waals surface area contributed by atoms with Crippen LogP contribution in [0.1, 0.15) is 50.2 Å². The van der Waals surface area contributed by atoms with E-state index in [2.05, 4.69) is 0 Å². The molecule has 29 heavy (non-hydrogen) atoms. The molecule has 5 heteroatoms. The number of rotatable bonds is 5. The lowest BCUT2D eigenvalue weighted by molar-refractivity contribution is -0.117. The van der Waals surface area contributed by atoms with Crippen molar-refractivity contribution in [2.24, 2.45) is 11.8 Å². The first-order valence-electron chi connectivity index (χ1n) is 10.3. The van der Waals surface area contributed by atoms with Crippen molar-refractivity contribution in [3.8, 4) is 5.75 Å². The third kappa shape index (κ3) is 3.79. The van der Waals surface area contributed by atoms with Crippen LogP contribution in [0, 0.1) is 23.5 Å². The van der Waals surface area contributed by atoms with Crippen molar-refractivity contribution in [3.63, 3.8) is 0 Å². The molecule has 2 aromatic carbocycles. The van der Waals surface area contributed by atoms with Crippen LogP contribution in [0.2, 0.25) is 5.02 Å². The zero-order valence-corrected chi connectivity index (χ0v) is 17.3. The van der Waals surface area contributed by atoms with E-state index in [1.807, 2.05) is 24.3 Å². The number of ketones is 1. The van der Waals surface area contributed by atoms with Gasteiger partial charge in [0.05, 0.1) is 6.61 Å². The van der Waals surface area contributed by atoms with Crippen LogP contribution < -0.4 is 4.74 Å². The van der Waals surface area contributed by atoms with Crippen molar-refractivity contribution in [3.05, 3.63) is 64.2 Å². The summed E-state index contributed by atoms with van der Waals surface area (Å²) in [5.74, 6) is -0.421. The molecule has 1 heterocycles. The fourth-order valence-corrected chi connectivity index (χ4v) is 5.57. The second-order valence-electron chi connectivity index (χ2n) is 8.50. The van der Waals surface area contributed by atoms with Crippen LogP contribution in [0.4, 0.5) is 8.78 Å². The predicted molar refractivity (Wildman–Crippen MR) is 109 cm³/mol. The molecule has 0 bridgehead atoms. The summed E-state index contributed by atoms with van der Waals surface area (Å²) in [5, 5.41) is 0.649. The topological polar surface area (TPSA) is 26.3 Å². The van der Waals surface area contributed by atoms with Crippen LogP contribution >= 0.6 is 11.6 Å². The zero-order chi connectivity index (χ0) is 20.6. The number of halogens is 3. The van der Waals surface area contributed by atoms with Gasteiger partial charge in [-0.1, -0.05) is 30.2 Å². The molecule has 1 saturated carbocycles. The molecule has 0 N–H and O–H groups in total. The van der Waals surface area contributed by atoms with Gasteiger partial charge in [0.1, 0.15) is 11.6 Å². The number of benzene rings is 2. The lowest BCUT2D eigenvalue weighted by Gasteiger charge is -2.52. The molecule has 1 aliphatic heterocycles. The average molecular weight is 419 g/mol. The van der Waals surface area contributed by atoms with E-state index in [0.29, 0.717) is 30.0 Å². The van der Waals surface area contributed by atoms with E-state index in [9.17, 15) is 9.18 Å². The van der Waals surface area contributed by atoms with Gasteiger partial charge in [0.25, 0.3) is 0 Å². The van der Waals surface area contributed by atoms with E-state index in [1.165, 1.54) is 6.07 Å².